The molecule has 0 radical (unpaired) electrons. The van der Waals surface area contributed by atoms with E-state index in [4.69, 9.17) is 9.47 Å². The highest BCUT2D eigenvalue weighted by molar-refractivity contribution is 9.10. The first-order valence-corrected chi connectivity index (χ1v) is 8.79. The van der Waals surface area contributed by atoms with Gasteiger partial charge < -0.3 is 14.6 Å². The Bertz CT molecular complexity index is 922. The van der Waals surface area contributed by atoms with Gasteiger partial charge in [-0.05, 0) is 43.2 Å². The number of hydrogen-bond acceptors (Lipinski definition) is 7. The summed E-state index contributed by atoms with van der Waals surface area (Å²) in [5, 5.41) is 24.5. The molecule has 0 aliphatic rings. The van der Waals surface area contributed by atoms with E-state index >= 15 is 0 Å². The van der Waals surface area contributed by atoms with Crippen LogP contribution in [-0.2, 0) is 4.79 Å². The number of nitro benzene ring substituents is 1. The number of aromatic hydroxyl groups is 1. The zero-order valence-electron chi connectivity index (χ0n) is 15.4. The van der Waals surface area contributed by atoms with E-state index in [2.05, 4.69) is 26.5 Å². The summed E-state index contributed by atoms with van der Waals surface area (Å²) in [4.78, 5) is 22.1. The van der Waals surface area contributed by atoms with Crippen LogP contribution < -0.4 is 14.9 Å². The van der Waals surface area contributed by atoms with E-state index in [0.29, 0.717) is 5.75 Å². The van der Waals surface area contributed by atoms with Crippen LogP contribution in [0.25, 0.3) is 0 Å². The van der Waals surface area contributed by atoms with Crippen LogP contribution in [0.4, 0.5) is 5.69 Å². The molecule has 0 heterocycles. The van der Waals surface area contributed by atoms with Gasteiger partial charge in [-0.3, -0.25) is 14.9 Å². The number of ether oxygens (including phenoxy) is 2. The lowest BCUT2D eigenvalue weighted by atomic mass is 10.1. The average Bonchev–Trinajstić information content (AvgIpc) is 2.61. The molecule has 0 aliphatic carbocycles. The zero-order chi connectivity index (χ0) is 20.8. The maximum Gasteiger partial charge on any atom is 0.315 e. The van der Waals surface area contributed by atoms with E-state index < -0.39 is 22.3 Å². The molecule has 0 fully saturated rings. The lowest BCUT2D eigenvalue weighted by Crippen LogP contribution is -2.25. The van der Waals surface area contributed by atoms with Crippen LogP contribution in [0.5, 0.6) is 17.2 Å². The molecule has 28 heavy (non-hydrogen) atoms. The third-order valence-electron chi connectivity index (χ3n) is 3.67. The molecule has 2 aromatic rings. The van der Waals surface area contributed by atoms with Gasteiger partial charge in [0.05, 0.1) is 18.2 Å². The molecule has 2 N–H and O–H groups in total. The molecular weight excluding hydrogens is 434 g/mol. The van der Waals surface area contributed by atoms with Crippen molar-refractivity contribution >= 4 is 33.7 Å². The summed E-state index contributed by atoms with van der Waals surface area (Å²) in [5.41, 5.74) is 3.77. The number of hydrogen-bond donors (Lipinski definition) is 2. The van der Waals surface area contributed by atoms with E-state index in [1.165, 1.54) is 19.4 Å². The Balaban J connectivity index is 2.02. The van der Waals surface area contributed by atoms with Crippen LogP contribution in [0.15, 0.2) is 33.8 Å². The normalized spacial score (nSPS) is 10.7. The molecule has 0 aliphatic heterocycles. The van der Waals surface area contributed by atoms with Crippen molar-refractivity contribution in [2.45, 2.75) is 13.8 Å². The van der Waals surface area contributed by atoms with Gasteiger partial charge in [0.2, 0.25) is 5.75 Å². The standard InChI is InChI=1S/C18H18BrN3O6/c1-10-4-13(19)5-11(2)18(10)28-9-16(23)21-20-8-12-6-14(22(25)26)17(24)15(7-12)27-3/h4-8,24H,9H2,1-3H3,(H,21,23). The van der Waals surface area contributed by atoms with Crippen molar-refractivity contribution in [1.82, 2.24) is 5.43 Å². The van der Waals surface area contributed by atoms with Crippen molar-refractivity contribution in [1.29, 1.82) is 0 Å². The van der Waals surface area contributed by atoms with Crippen molar-refractivity contribution in [3.05, 3.63) is 55.5 Å². The minimum Gasteiger partial charge on any atom is -0.500 e. The van der Waals surface area contributed by atoms with Gasteiger partial charge in [-0.2, -0.15) is 5.10 Å². The third kappa shape index (κ3) is 5.19. The number of phenolic OH excluding ortho intramolecular Hbond substituents is 1. The number of methoxy groups -OCH3 is 1. The summed E-state index contributed by atoms with van der Waals surface area (Å²) in [5.74, 6) is -0.548. The topological polar surface area (TPSA) is 123 Å². The fourth-order valence-corrected chi connectivity index (χ4v) is 3.14. The molecule has 0 unspecified atom stereocenters. The van der Waals surface area contributed by atoms with Gasteiger partial charge in [0.15, 0.2) is 12.4 Å². The minimum absolute atomic E-state index is 0.0773. The molecule has 9 nitrogen and oxygen atoms in total. The second kappa shape index (κ2) is 9.18. The third-order valence-corrected chi connectivity index (χ3v) is 4.13. The number of nitro groups is 1. The quantitative estimate of drug-likeness (QED) is 0.378. The SMILES string of the molecule is COc1cc(C=NNC(=O)COc2c(C)cc(Br)cc2C)cc([N+](=O)[O-])c1O. The molecule has 0 atom stereocenters. The van der Waals surface area contributed by atoms with Gasteiger partial charge >= 0.3 is 5.69 Å². The molecule has 0 aromatic heterocycles. The molecule has 0 saturated heterocycles. The fourth-order valence-electron chi connectivity index (χ4n) is 2.46. The average molecular weight is 452 g/mol. The summed E-state index contributed by atoms with van der Waals surface area (Å²) in [6, 6.07) is 6.22. The van der Waals surface area contributed by atoms with Crippen molar-refractivity contribution in [3.63, 3.8) is 0 Å². The molecular formula is C18H18BrN3O6. The maximum absolute atomic E-state index is 11.9. The van der Waals surface area contributed by atoms with Crippen LogP contribution in [0, 0.1) is 24.0 Å². The number of carbonyl (C=O) groups excluding carboxylic acids is 1. The van der Waals surface area contributed by atoms with Crippen molar-refractivity contribution in [2.24, 2.45) is 5.10 Å². The van der Waals surface area contributed by atoms with Gasteiger partial charge in [-0.25, -0.2) is 5.43 Å². The Morgan fingerprint density at radius 1 is 1.32 bits per heavy atom. The molecule has 2 rings (SSSR count). The summed E-state index contributed by atoms with van der Waals surface area (Å²) >= 11 is 3.39. The summed E-state index contributed by atoms with van der Waals surface area (Å²) in [7, 11) is 1.27. The first kappa shape index (κ1) is 21.2. The molecule has 148 valence electrons. The fraction of sp³-hybridized carbons (Fsp3) is 0.222. The Labute approximate surface area is 169 Å². The van der Waals surface area contributed by atoms with Gasteiger partial charge in [0.1, 0.15) is 5.75 Å². The number of carbonyl (C=O) groups is 1. The Morgan fingerprint density at radius 3 is 2.54 bits per heavy atom. The number of halogens is 1. The highest BCUT2D eigenvalue weighted by atomic mass is 79.9. The van der Waals surface area contributed by atoms with Gasteiger partial charge in [-0.1, -0.05) is 15.9 Å². The number of amides is 1. The van der Waals surface area contributed by atoms with Crippen LogP contribution >= 0.6 is 15.9 Å². The van der Waals surface area contributed by atoms with E-state index in [1.807, 2.05) is 26.0 Å². The Morgan fingerprint density at radius 2 is 1.96 bits per heavy atom. The smallest absolute Gasteiger partial charge is 0.315 e. The largest absolute Gasteiger partial charge is 0.500 e. The zero-order valence-corrected chi connectivity index (χ0v) is 16.9. The number of nitrogens with zero attached hydrogens (tertiary/aromatic N) is 2. The number of phenols is 1. The number of hydrazone groups is 1. The highest BCUT2D eigenvalue weighted by Crippen LogP contribution is 2.36. The number of benzene rings is 2. The van der Waals surface area contributed by atoms with Crippen LogP contribution in [0.2, 0.25) is 0 Å². The Kier molecular flexibility index (Phi) is 6.94. The van der Waals surface area contributed by atoms with Crippen LogP contribution in [-0.4, -0.2) is 35.9 Å². The molecule has 10 heteroatoms. The lowest BCUT2D eigenvalue weighted by molar-refractivity contribution is -0.386. The van der Waals surface area contributed by atoms with Crippen molar-refractivity contribution in [2.75, 3.05) is 13.7 Å². The maximum atomic E-state index is 11.9. The number of rotatable bonds is 7. The minimum atomic E-state index is -0.746. The predicted molar refractivity (Wildman–Crippen MR) is 106 cm³/mol. The van der Waals surface area contributed by atoms with Gasteiger partial charge in [0, 0.05) is 16.1 Å². The predicted octanol–water partition coefficient (Wildman–Crippen LogP) is 3.22. The van der Waals surface area contributed by atoms with E-state index in [0.717, 1.165) is 21.7 Å². The van der Waals surface area contributed by atoms with E-state index in [9.17, 15) is 20.0 Å². The molecule has 0 bridgehead atoms. The van der Waals surface area contributed by atoms with Gasteiger partial charge in [-0.15, -0.1) is 0 Å². The van der Waals surface area contributed by atoms with E-state index in [-0.39, 0.29) is 17.9 Å². The number of nitrogens with one attached hydrogen (secondary N) is 1. The summed E-state index contributed by atoms with van der Waals surface area (Å²) in [6.45, 7) is 3.49. The molecule has 0 saturated carbocycles. The van der Waals surface area contributed by atoms with Crippen LogP contribution in [0.3, 0.4) is 0 Å². The first-order valence-electron chi connectivity index (χ1n) is 7.99. The molecule has 2 aromatic carbocycles. The number of aryl methyl sites for hydroxylation is 2. The highest BCUT2D eigenvalue weighted by Gasteiger charge is 2.19. The molecule has 1 amide bonds. The van der Waals surface area contributed by atoms with Crippen molar-refractivity contribution in [3.8, 4) is 17.2 Å². The monoisotopic (exact) mass is 451 g/mol. The Hall–Kier alpha value is -3.14. The van der Waals surface area contributed by atoms with Gasteiger partial charge in [0.25, 0.3) is 5.91 Å². The summed E-state index contributed by atoms with van der Waals surface area (Å²) in [6.07, 6.45) is 1.20. The second-order valence-corrected chi connectivity index (χ2v) is 6.71. The second-order valence-electron chi connectivity index (χ2n) is 5.80. The first-order chi connectivity index (χ1) is 13.2. The van der Waals surface area contributed by atoms with Crippen LogP contribution in [0.1, 0.15) is 16.7 Å². The summed E-state index contributed by atoms with van der Waals surface area (Å²) < 4.78 is 11.4. The molecule has 0 spiro atoms. The van der Waals surface area contributed by atoms with E-state index in [1.54, 1.807) is 0 Å². The van der Waals surface area contributed by atoms with Crippen molar-refractivity contribution < 1.29 is 24.3 Å². The lowest BCUT2D eigenvalue weighted by Gasteiger charge is -2.11.